The second-order valence-corrected chi connectivity index (χ2v) is 7.52. The fourth-order valence-electron chi connectivity index (χ4n) is 3.86. The summed E-state index contributed by atoms with van der Waals surface area (Å²) in [5.41, 5.74) is 13.2. The Morgan fingerprint density at radius 1 is 1.33 bits per heavy atom. The van der Waals surface area contributed by atoms with E-state index < -0.39 is 0 Å². The van der Waals surface area contributed by atoms with Crippen LogP contribution < -0.4 is 16.5 Å². The van der Waals surface area contributed by atoms with E-state index >= 15 is 0 Å². The molecule has 142 valence electrons. The van der Waals surface area contributed by atoms with Gasteiger partial charge in [0.25, 0.3) is 0 Å². The van der Waals surface area contributed by atoms with Gasteiger partial charge in [-0.05, 0) is 51.2 Å². The van der Waals surface area contributed by atoms with Crippen molar-refractivity contribution in [2.24, 2.45) is 10.7 Å². The van der Waals surface area contributed by atoms with Crippen LogP contribution in [0, 0.1) is 6.92 Å². The van der Waals surface area contributed by atoms with Crippen molar-refractivity contribution in [1.29, 1.82) is 0 Å². The summed E-state index contributed by atoms with van der Waals surface area (Å²) in [6.45, 7) is 3.94. The van der Waals surface area contributed by atoms with Gasteiger partial charge in [-0.3, -0.25) is 15.2 Å². The van der Waals surface area contributed by atoms with Crippen molar-refractivity contribution in [2.45, 2.75) is 58.0 Å². The first-order valence-electron chi connectivity index (χ1n) is 9.54. The van der Waals surface area contributed by atoms with Crippen LogP contribution in [0.15, 0.2) is 29.4 Å². The van der Waals surface area contributed by atoms with Crippen molar-refractivity contribution in [3.8, 4) is 11.3 Å². The number of imidazole rings is 1. The van der Waals surface area contributed by atoms with Crippen molar-refractivity contribution < 1.29 is 4.79 Å². The summed E-state index contributed by atoms with van der Waals surface area (Å²) in [5, 5.41) is 2.91. The number of benzene rings is 1. The van der Waals surface area contributed by atoms with E-state index in [0.29, 0.717) is 18.5 Å². The van der Waals surface area contributed by atoms with Gasteiger partial charge in [0.1, 0.15) is 11.7 Å². The number of rotatable bonds is 3. The van der Waals surface area contributed by atoms with E-state index in [-0.39, 0.29) is 5.91 Å². The molecule has 1 aliphatic heterocycles. The molecule has 0 bridgehead atoms. The highest BCUT2D eigenvalue weighted by Gasteiger charge is 2.20. The van der Waals surface area contributed by atoms with Crippen LogP contribution in [0.4, 0.5) is 5.69 Å². The maximum absolute atomic E-state index is 11.6. The number of carbonyl (C=O) groups excluding carboxylic acids is 1. The van der Waals surface area contributed by atoms with Crippen molar-refractivity contribution in [1.82, 2.24) is 9.66 Å². The number of hydrogen-bond acceptors (Lipinski definition) is 4. The second-order valence-electron chi connectivity index (χ2n) is 7.52. The van der Waals surface area contributed by atoms with Gasteiger partial charge < -0.3 is 11.1 Å². The maximum Gasteiger partial charge on any atom is 0.228 e. The highest BCUT2D eigenvalue weighted by molar-refractivity contribution is 6.00. The Balaban J connectivity index is 1.56. The molecule has 1 aromatic heterocycles. The van der Waals surface area contributed by atoms with Gasteiger partial charge in [-0.2, -0.15) is 0 Å². The molecule has 1 aromatic carbocycles. The van der Waals surface area contributed by atoms with Gasteiger partial charge in [-0.1, -0.05) is 12.1 Å². The number of amides is 1. The minimum absolute atomic E-state index is 0.0418. The highest BCUT2D eigenvalue weighted by Crippen LogP contribution is 2.29. The lowest BCUT2D eigenvalue weighted by Gasteiger charge is -2.24. The third-order valence-corrected chi connectivity index (χ3v) is 5.36. The van der Waals surface area contributed by atoms with E-state index in [1.165, 1.54) is 0 Å². The number of carbonyl (C=O) groups is 1. The smallest absolute Gasteiger partial charge is 0.228 e. The summed E-state index contributed by atoms with van der Waals surface area (Å²) in [6, 6.07) is 6.70. The number of nitrogens with one attached hydrogen (secondary N) is 2. The molecule has 27 heavy (non-hydrogen) atoms. The molecule has 0 unspecified atom stereocenters. The van der Waals surface area contributed by atoms with Crippen LogP contribution >= 0.6 is 0 Å². The molecule has 1 aliphatic carbocycles. The molecule has 1 amide bonds. The Labute approximate surface area is 159 Å². The fourth-order valence-corrected chi connectivity index (χ4v) is 3.86. The molecule has 1 saturated carbocycles. The summed E-state index contributed by atoms with van der Waals surface area (Å²) in [7, 11) is 0. The molecule has 2 aliphatic rings. The van der Waals surface area contributed by atoms with E-state index in [2.05, 4.69) is 15.7 Å². The van der Waals surface area contributed by atoms with Crippen LogP contribution in [0.2, 0.25) is 0 Å². The predicted molar refractivity (Wildman–Crippen MR) is 107 cm³/mol. The van der Waals surface area contributed by atoms with Gasteiger partial charge in [0.2, 0.25) is 5.91 Å². The second kappa shape index (κ2) is 7.15. The molecule has 7 heteroatoms. The lowest BCUT2D eigenvalue weighted by Crippen LogP contribution is -2.30. The number of hydrogen-bond donors (Lipinski definition) is 3. The Hall–Kier alpha value is -2.67. The van der Waals surface area contributed by atoms with Gasteiger partial charge in [0, 0.05) is 17.3 Å². The third-order valence-electron chi connectivity index (χ3n) is 5.36. The molecule has 0 atom stereocenters. The van der Waals surface area contributed by atoms with Crippen LogP contribution in [-0.2, 0) is 11.2 Å². The Morgan fingerprint density at radius 2 is 2.11 bits per heavy atom. The van der Waals surface area contributed by atoms with Gasteiger partial charge in [-0.25, -0.2) is 9.66 Å². The lowest BCUT2D eigenvalue weighted by atomic mass is 9.92. The zero-order valence-electron chi connectivity index (χ0n) is 15.8. The number of aryl methyl sites for hydroxylation is 1. The van der Waals surface area contributed by atoms with Crippen LogP contribution in [-0.4, -0.2) is 33.5 Å². The SMILES string of the molecule is CC(=NC1CCC(N)CC1)Nn1c(-c2ccc3c(c2)NC(=O)C3)cnc1C. The minimum atomic E-state index is 0.0418. The zero-order valence-corrected chi connectivity index (χ0v) is 15.8. The van der Waals surface area contributed by atoms with Crippen molar-refractivity contribution in [3.63, 3.8) is 0 Å². The average molecular weight is 366 g/mol. The Bertz CT molecular complexity index is 892. The highest BCUT2D eigenvalue weighted by atomic mass is 16.1. The summed E-state index contributed by atoms with van der Waals surface area (Å²) < 4.78 is 1.95. The van der Waals surface area contributed by atoms with Gasteiger partial charge in [-0.15, -0.1) is 0 Å². The zero-order chi connectivity index (χ0) is 19.0. The topological polar surface area (TPSA) is 97.3 Å². The van der Waals surface area contributed by atoms with Crippen molar-refractivity contribution in [2.75, 3.05) is 10.7 Å². The lowest BCUT2D eigenvalue weighted by molar-refractivity contribution is -0.115. The summed E-state index contributed by atoms with van der Waals surface area (Å²) in [5.74, 6) is 1.77. The quantitative estimate of drug-likeness (QED) is 0.574. The Morgan fingerprint density at radius 3 is 2.89 bits per heavy atom. The first-order valence-corrected chi connectivity index (χ1v) is 9.54. The van der Waals surface area contributed by atoms with Crippen LogP contribution in [0.25, 0.3) is 11.3 Å². The van der Waals surface area contributed by atoms with Gasteiger partial charge in [0.15, 0.2) is 0 Å². The maximum atomic E-state index is 11.6. The molecule has 4 rings (SSSR count). The fraction of sp³-hybridized carbons (Fsp3) is 0.450. The molecular formula is C20H26N6O. The van der Waals surface area contributed by atoms with Crippen LogP contribution in [0.3, 0.4) is 0 Å². The van der Waals surface area contributed by atoms with E-state index in [9.17, 15) is 4.79 Å². The van der Waals surface area contributed by atoms with E-state index in [1.54, 1.807) is 0 Å². The summed E-state index contributed by atoms with van der Waals surface area (Å²) in [4.78, 5) is 20.9. The molecule has 2 heterocycles. The molecule has 0 saturated heterocycles. The number of fused-ring (bicyclic) bond motifs is 1. The molecule has 4 N–H and O–H groups in total. The molecular weight excluding hydrogens is 340 g/mol. The third kappa shape index (κ3) is 3.73. The number of nitrogens with zero attached hydrogens (tertiary/aromatic N) is 3. The van der Waals surface area contributed by atoms with Gasteiger partial charge >= 0.3 is 0 Å². The van der Waals surface area contributed by atoms with E-state index in [0.717, 1.165) is 59.9 Å². The first-order chi connectivity index (χ1) is 13.0. The van der Waals surface area contributed by atoms with Crippen LogP contribution in [0.1, 0.15) is 44.0 Å². The standard InChI is InChI=1S/C20H26N6O/c1-12(23-17-7-5-16(21)6-8-17)25-26-13(2)22-11-19(26)15-4-3-14-10-20(27)24-18(14)9-15/h3-4,9,11,16-17H,5-8,10,21H2,1-2H3,(H,23,25)(H,24,27). The molecule has 1 fully saturated rings. The first kappa shape index (κ1) is 17.7. The number of nitrogens with two attached hydrogens (primary N) is 1. The summed E-state index contributed by atoms with van der Waals surface area (Å²) >= 11 is 0. The monoisotopic (exact) mass is 366 g/mol. The molecule has 2 aromatic rings. The molecule has 0 spiro atoms. The van der Waals surface area contributed by atoms with Crippen molar-refractivity contribution in [3.05, 3.63) is 35.8 Å². The number of amidine groups is 1. The normalized spacial score (nSPS) is 22.5. The average Bonchev–Trinajstić information content (AvgIpc) is 3.18. The number of aliphatic imine (C=N–C) groups is 1. The number of anilines is 1. The van der Waals surface area contributed by atoms with Crippen molar-refractivity contribution >= 4 is 17.4 Å². The van der Waals surface area contributed by atoms with E-state index in [1.807, 2.05) is 42.9 Å². The molecule has 0 radical (unpaired) electrons. The predicted octanol–water partition coefficient (Wildman–Crippen LogP) is 2.58. The molecule has 7 nitrogen and oxygen atoms in total. The largest absolute Gasteiger partial charge is 0.328 e. The van der Waals surface area contributed by atoms with Gasteiger partial charge in [0.05, 0.1) is 24.4 Å². The number of aromatic nitrogens is 2. The Kier molecular flexibility index (Phi) is 4.70. The minimum Gasteiger partial charge on any atom is -0.328 e. The van der Waals surface area contributed by atoms with Crippen LogP contribution in [0.5, 0.6) is 0 Å². The van der Waals surface area contributed by atoms with E-state index in [4.69, 9.17) is 10.7 Å². The summed E-state index contributed by atoms with van der Waals surface area (Å²) in [6.07, 6.45) is 6.45.